The summed E-state index contributed by atoms with van der Waals surface area (Å²) < 4.78 is 59.1. The van der Waals surface area contributed by atoms with Crippen molar-refractivity contribution in [3.05, 3.63) is 42.0 Å². The Morgan fingerprint density at radius 1 is 1.11 bits per heavy atom. The summed E-state index contributed by atoms with van der Waals surface area (Å²) in [5, 5.41) is 15.0. The molecule has 2 bridgehead atoms. The summed E-state index contributed by atoms with van der Waals surface area (Å²) in [5.41, 5.74) is -0.593. The van der Waals surface area contributed by atoms with Crippen molar-refractivity contribution in [1.82, 2.24) is 25.2 Å². The number of nitrogens with one attached hydrogen (secondary N) is 1. The van der Waals surface area contributed by atoms with E-state index in [1.54, 1.807) is 6.07 Å². The summed E-state index contributed by atoms with van der Waals surface area (Å²) in [4.78, 5) is 18.3. The average molecular weight is 605 g/mol. The number of aromatic nitrogens is 3. The van der Waals surface area contributed by atoms with Crippen LogP contribution in [0.25, 0.3) is 32.9 Å². The van der Waals surface area contributed by atoms with Crippen LogP contribution >= 0.6 is 0 Å². The van der Waals surface area contributed by atoms with Crippen LogP contribution < -0.4 is 19.7 Å². The van der Waals surface area contributed by atoms with Crippen LogP contribution in [0.4, 0.5) is 19.0 Å². The number of nitrogens with zero attached hydrogens (tertiary/aromatic N) is 5. The Kier molecular flexibility index (Phi) is 5.75. The van der Waals surface area contributed by atoms with Crippen LogP contribution in [0.1, 0.15) is 32.1 Å². The van der Waals surface area contributed by atoms with Crippen molar-refractivity contribution >= 4 is 27.5 Å². The van der Waals surface area contributed by atoms with Crippen LogP contribution in [0.3, 0.4) is 0 Å². The van der Waals surface area contributed by atoms with Gasteiger partial charge in [0, 0.05) is 42.5 Å². The van der Waals surface area contributed by atoms with Crippen molar-refractivity contribution < 1.29 is 27.8 Å². The number of aromatic hydroxyl groups is 1. The van der Waals surface area contributed by atoms with E-state index >= 15 is 8.78 Å². The molecule has 4 aromatic rings. The predicted molar refractivity (Wildman–Crippen MR) is 157 cm³/mol. The van der Waals surface area contributed by atoms with Crippen molar-refractivity contribution in [1.29, 1.82) is 0 Å². The number of alkyl halides is 1. The lowest BCUT2D eigenvalue weighted by Gasteiger charge is -2.40. The van der Waals surface area contributed by atoms with Crippen LogP contribution in [0.2, 0.25) is 0 Å². The third kappa shape index (κ3) is 3.89. The minimum atomic E-state index is -0.915. The van der Waals surface area contributed by atoms with Crippen molar-refractivity contribution in [3.63, 3.8) is 0 Å². The summed E-state index contributed by atoms with van der Waals surface area (Å²) in [6, 6.07) is 7.54. The van der Waals surface area contributed by atoms with E-state index in [9.17, 15) is 9.50 Å². The number of ether oxygens (including phenoxy) is 2. The van der Waals surface area contributed by atoms with Gasteiger partial charge in [-0.2, -0.15) is 9.97 Å². The van der Waals surface area contributed by atoms with Gasteiger partial charge >= 0.3 is 6.01 Å². The maximum Gasteiger partial charge on any atom is 0.319 e. The molecule has 4 fully saturated rings. The maximum absolute atomic E-state index is 16.8. The summed E-state index contributed by atoms with van der Waals surface area (Å²) in [5.74, 6) is -0.881. The molecule has 0 amide bonds. The first-order valence-electron chi connectivity index (χ1n) is 15.4. The molecular weight excluding hydrogens is 573 g/mol. The molecule has 2 N–H and O–H groups in total. The largest absolute Gasteiger partial charge is 0.508 e. The van der Waals surface area contributed by atoms with Crippen LogP contribution in [0, 0.1) is 11.6 Å². The number of pyridine rings is 1. The number of anilines is 1. The number of fused-ring (bicyclic) bond motifs is 7. The number of rotatable bonds is 4. The molecule has 0 spiro atoms. The number of phenols is 1. The molecule has 0 unspecified atom stereocenters. The van der Waals surface area contributed by atoms with Crippen LogP contribution in [-0.4, -0.2) is 87.6 Å². The Balaban J connectivity index is 1.23. The highest BCUT2D eigenvalue weighted by atomic mass is 19.1. The van der Waals surface area contributed by atoms with Crippen molar-refractivity contribution in [2.24, 2.45) is 0 Å². The second kappa shape index (κ2) is 9.55. The minimum absolute atomic E-state index is 0.00323. The summed E-state index contributed by atoms with van der Waals surface area (Å²) in [7, 11) is 0. The van der Waals surface area contributed by atoms with Gasteiger partial charge in [0.1, 0.15) is 53.4 Å². The second-order valence-electron chi connectivity index (χ2n) is 12.9. The van der Waals surface area contributed by atoms with Crippen molar-refractivity contribution in [3.8, 4) is 28.9 Å². The SMILES string of the molecule is Oc1cc(-c2nc3c4c(nc(OC[C@]56CCCN5C[C@@H](F)C6)nc4c2F)N2C[C@@H]4CC[C@@H](N4)[C@H]2CO3)c2c(F)cccc2c1. The molecule has 5 aliphatic rings. The first-order chi connectivity index (χ1) is 21.4. The Hall–Kier alpha value is -3.90. The van der Waals surface area contributed by atoms with Crippen LogP contribution in [0.15, 0.2) is 30.3 Å². The number of phenolic OH excluding ortho intramolecular Hbond substituents is 1. The van der Waals surface area contributed by atoms with Crippen molar-refractivity contribution in [2.75, 3.05) is 37.7 Å². The van der Waals surface area contributed by atoms with Gasteiger partial charge in [-0.05, 0) is 55.8 Å². The molecule has 44 heavy (non-hydrogen) atoms. The molecule has 2 aromatic heterocycles. The topological polar surface area (TPSA) is 95.9 Å². The highest BCUT2D eigenvalue weighted by Crippen LogP contribution is 2.45. The van der Waals surface area contributed by atoms with Gasteiger partial charge in [0.15, 0.2) is 5.82 Å². The Morgan fingerprint density at radius 2 is 2.02 bits per heavy atom. The fraction of sp³-hybridized carbons (Fsp3) is 0.469. The van der Waals surface area contributed by atoms with Gasteiger partial charge in [0.05, 0.1) is 11.6 Å². The first-order valence-corrected chi connectivity index (χ1v) is 15.4. The van der Waals surface area contributed by atoms with E-state index in [0.29, 0.717) is 36.1 Å². The second-order valence-corrected chi connectivity index (χ2v) is 12.9. The monoisotopic (exact) mass is 604 g/mol. The molecule has 4 saturated heterocycles. The molecule has 0 radical (unpaired) electrons. The van der Waals surface area contributed by atoms with E-state index in [0.717, 1.165) is 32.2 Å². The Labute approximate surface area is 251 Å². The lowest BCUT2D eigenvalue weighted by Crippen LogP contribution is -2.60. The number of benzene rings is 2. The van der Waals surface area contributed by atoms with E-state index in [1.165, 1.54) is 24.3 Å². The zero-order valence-electron chi connectivity index (χ0n) is 23.9. The molecule has 0 saturated carbocycles. The van der Waals surface area contributed by atoms with Gasteiger partial charge in [-0.25, -0.2) is 18.2 Å². The maximum atomic E-state index is 16.8. The molecule has 5 atom stereocenters. The number of halogens is 3. The fourth-order valence-electron chi connectivity index (χ4n) is 8.36. The molecule has 12 heteroatoms. The smallest absolute Gasteiger partial charge is 0.319 e. The van der Waals surface area contributed by atoms with E-state index in [2.05, 4.69) is 25.1 Å². The Morgan fingerprint density at radius 3 is 2.93 bits per heavy atom. The molecule has 228 valence electrons. The molecule has 7 heterocycles. The molecule has 2 aromatic carbocycles. The highest BCUT2D eigenvalue weighted by Gasteiger charge is 2.50. The van der Waals surface area contributed by atoms with Gasteiger partial charge in [-0.15, -0.1) is 0 Å². The Bertz CT molecular complexity index is 1840. The molecule has 9 rings (SSSR count). The van der Waals surface area contributed by atoms with Gasteiger partial charge < -0.3 is 24.8 Å². The van der Waals surface area contributed by atoms with Gasteiger partial charge in [0.2, 0.25) is 5.88 Å². The number of hydrogen-bond donors (Lipinski definition) is 2. The van der Waals surface area contributed by atoms with E-state index in [1.807, 2.05) is 0 Å². The molecule has 5 aliphatic heterocycles. The van der Waals surface area contributed by atoms with E-state index in [4.69, 9.17) is 14.5 Å². The summed E-state index contributed by atoms with van der Waals surface area (Å²) in [6.07, 6.45) is 3.24. The number of piperazine rings is 1. The lowest BCUT2D eigenvalue weighted by molar-refractivity contribution is 0.107. The third-order valence-electron chi connectivity index (χ3n) is 10.3. The lowest BCUT2D eigenvalue weighted by atomic mass is 9.95. The standard InChI is InChI=1S/C32H31F3N6O3/c33-17-11-32(7-2-8-40(32)12-17)15-44-31-38-28-25-29(39-31)41-13-18-5-6-22(36-18)23(41)14-43-30(25)37-27(26(28)35)20-10-19(42)9-16-3-1-4-21(34)24(16)20/h1,3-4,9-10,17-18,22-23,36,42H,2,5-8,11-15H2/t17-,18-,22+,23+,32+/m0/s1. The normalized spacial score (nSPS) is 29.1. The average Bonchev–Trinajstić information content (AvgIpc) is 3.64. The minimum Gasteiger partial charge on any atom is -0.508 e. The van der Waals surface area contributed by atoms with Crippen LogP contribution in [0.5, 0.6) is 17.6 Å². The summed E-state index contributed by atoms with van der Waals surface area (Å²) >= 11 is 0. The zero-order valence-corrected chi connectivity index (χ0v) is 23.9. The van der Waals surface area contributed by atoms with Gasteiger partial charge in [0.25, 0.3) is 0 Å². The predicted octanol–water partition coefficient (Wildman–Crippen LogP) is 4.49. The van der Waals surface area contributed by atoms with Gasteiger partial charge in [-0.1, -0.05) is 12.1 Å². The third-order valence-corrected chi connectivity index (χ3v) is 10.3. The summed E-state index contributed by atoms with van der Waals surface area (Å²) in [6.45, 7) is 2.34. The highest BCUT2D eigenvalue weighted by molar-refractivity contribution is 6.02. The fourth-order valence-corrected chi connectivity index (χ4v) is 8.36. The molecule has 9 nitrogen and oxygen atoms in total. The molecule has 0 aliphatic carbocycles. The van der Waals surface area contributed by atoms with Crippen molar-refractivity contribution in [2.45, 2.75) is 61.9 Å². The van der Waals surface area contributed by atoms with E-state index < -0.39 is 23.3 Å². The van der Waals surface area contributed by atoms with Gasteiger partial charge in [-0.3, -0.25) is 4.90 Å². The zero-order chi connectivity index (χ0) is 29.7. The van der Waals surface area contributed by atoms with E-state index in [-0.39, 0.29) is 71.1 Å². The number of hydrogen-bond acceptors (Lipinski definition) is 9. The van der Waals surface area contributed by atoms with Crippen LogP contribution in [-0.2, 0) is 0 Å². The quantitative estimate of drug-likeness (QED) is 0.350. The molecular formula is C32H31F3N6O3. The first kappa shape index (κ1) is 26.5.